The van der Waals surface area contributed by atoms with Crippen molar-refractivity contribution in [3.8, 4) is 0 Å². The van der Waals surface area contributed by atoms with E-state index in [4.69, 9.17) is 0 Å². The van der Waals surface area contributed by atoms with Crippen molar-refractivity contribution in [3.63, 3.8) is 0 Å². The molecule has 0 atom stereocenters. The molecule has 1 nitrogen and oxygen atoms in total. The van der Waals surface area contributed by atoms with Gasteiger partial charge in [0, 0.05) is 0 Å². The van der Waals surface area contributed by atoms with Crippen molar-refractivity contribution in [2.45, 2.75) is 26.2 Å². The Kier molecular flexibility index (Phi) is 7.46. The lowest BCUT2D eigenvalue weighted by Gasteiger charge is -1.84. The molecular formula is C9H13O. The second kappa shape index (κ2) is 8.15. The van der Waals surface area contributed by atoms with Crippen molar-refractivity contribution < 1.29 is 4.79 Å². The first-order valence-corrected chi connectivity index (χ1v) is 3.61. The molecule has 0 aliphatic rings. The number of hydrogen-bond donors (Lipinski definition) is 0. The standard InChI is InChI=1S/C9H13O/c1-2-3-4-5-6-7-8-9-10/h5-8H,2-4H2,1H3. The summed E-state index contributed by atoms with van der Waals surface area (Å²) in [7, 11) is 0. The minimum absolute atomic E-state index is 1.10. The monoisotopic (exact) mass is 137 g/mol. The van der Waals surface area contributed by atoms with Gasteiger partial charge in [-0.1, -0.05) is 38.0 Å². The summed E-state index contributed by atoms with van der Waals surface area (Å²) in [5, 5.41) is 0. The highest BCUT2D eigenvalue weighted by Gasteiger charge is 1.74. The van der Waals surface area contributed by atoms with Crippen molar-refractivity contribution in [1.82, 2.24) is 0 Å². The van der Waals surface area contributed by atoms with E-state index in [-0.39, 0.29) is 0 Å². The van der Waals surface area contributed by atoms with Crippen LogP contribution in [0, 0.1) is 0 Å². The van der Waals surface area contributed by atoms with Gasteiger partial charge in [-0.3, -0.25) is 4.79 Å². The highest BCUT2D eigenvalue weighted by Crippen LogP contribution is 1.94. The number of hydrogen-bond acceptors (Lipinski definition) is 1. The Labute approximate surface area is 62.4 Å². The van der Waals surface area contributed by atoms with E-state index in [1.165, 1.54) is 18.9 Å². The van der Waals surface area contributed by atoms with Crippen LogP contribution in [0.25, 0.3) is 0 Å². The number of unbranched alkanes of at least 4 members (excludes halogenated alkanes) is 2. The predicted octanol–water partition coefficient (Wildman–Crippen LogP) is 2.40. The zero-order valence-electron chi connectivity index (χ0n) is 6.34. The molecule has 0 aliphatic heterocycles. The zero-order valence-corrected chi connectivity index (χ0v) is 6.34. The maximum absolute atomic E-state index is 9.65. The molecule has 0 aromatic heterocycles. The zero-order chi connectivity index (χ0) is 7.66. The molecule has 10 heavy (non-hydrogen) atoms. The highest BCUT2D eigenvalue weighted by atomic mass is 16.1. The van der Waals surface area contributed by atoms with E-state index in [1.807, 2.05) is 6.08 Å². The summed E-state index contributed by atoms with van der Waals surface area (Å²) >= 11 is 0. The van der Waals surface area contributed by atoms with Crippen LogP contribution in [-0.2, 0) is 4.79 Å². The fraction of sp³-hybridized carbons (Fsp3) is 0.444. The molecule has 0 amide bonds. The van der Waals surface area contributed by atoms with Crippen LogP contribution in [0.3, 0.4) is 0 Å². The van der Waals surface area contributed by atoms with Gasteiger partial charge in [-0.2, -0.15) is 0 Å². The van der Waals surface area contributed by atoms with Crippen molar-refractivity contribution in [1.29, 1.82) is 0 Å². The third kappa shape index (κ3) is 7.15. The van der Waals surface area contributed by atoms with Gasteiger partial charge in [-0.15, -0.1) is 0 Å². The second-order valence-corrected chi connectivity index (χ2v) is 2.05. The second-order valence-electron chi connectivity index (χ2n) is 2.05. The SMILES string of the molecule is CCCCC=CC=C[C]=O. The van der Waals surface area contributed by atoms with E-state index in [0.29, 0.717) is 0 Å². The molecule has 0 saturated heterocycles. The van der Waals surface area contributed by atoms with Gasteiger partial charge in [0.25, 0.3) is 0 Å². The van der Waals surface area contributed by atoms with Gasteiger partial charge < -0.3 is 0 Å². The fourth-order valence-electron chi connectivity index (χ4n) is 0.592. The Balaban J connectivity index is 3.19. The molecule has 0 bridgehead atoms. The average molecular weight is 137 g/mol. The molecule has 0 aromatic rings. The summed E-state index contributed by atoms with van der Waals surface area (Å²) in [6.45, 7) is 2.16. The maximum Gasteiger partial charge on any atom is 0.225 e. The summed E-state index contributed by atoms with van der Waals surface area (Å²) in [6.07, 6.45) is 12.2. The largest absolute Gasteiger partial charge is 0.286 e. The molecule has 0 unspecified atom stereocenters. The Hall–Kier alpha value is -0.850. The lowest BCUT2D eigenvalue weighted by molar-refractivity contribution is 0.564. The van der Waals surface area contributed by atoms with E-state index < -0.39 is 0 Å². The average Bonchev–Trinajstić information content (AvgIpc) is 1.97. The van der Waals surface area contributed by atoms with E-state index in [0.717, 1.165) is 6.42 Å². The van der Waals surface area contributed by atoms with Gasteiger partial charge in [0.15, 0.2) is 0 Å². The van der Waals surface area contributed by atoms with Gasteiger partial charge >= 0.3 is 0 Å². The highest BCUT2D eigenvalue weighted by molar-refractivity contribution is 5.66. The summed E-state index contributed by atoms with van der Waals surface area (Å²) < 4.78 is 0. The molecule has 0 saturated carbocycles. The summed E-state index contributed by atoms with van der Waals surface area (Å²) in [6, 6.07) is 0. The van der Waals surface area contributed by atoms with Crippen LogP contribution >= 0.6 is 0 Å². The van der Waals surface area contributed by atoms with E-state index in [1.54, 1.807) is 12.4 Å². The molecule has 55 valence electrons. The van der Waals surface area contributed by atoms with Crippen LogP contribution in [0.4, 0.5) is 0 Å². The first-order valence-electron chi connectivity index (χ1n) is 3.61. The molecule has 0 heterocycles. The van der Waals surface area contributed by atoms with Crippen molar-refractivity contribution >= 4 is 6.29 Å². The first-order chi connectivity index (χ1) is 4.91. The molecular weight excluding hydrogens is 124 g/mol. The lowest BCUT2D eigenvalue weighted by atomic mass is 10.2. The number of rotatable bonds is 5. The molecule has 0 spiro atoms. The summed E-state index contributed by atoms with van der Waals surface area (Å²) in [4.78, 5) is 9.65. The van der Waals surface area contributed by atoms with Crippen LogP contribution in [0.1, 0.15) is 26.2 Å². The van der Waals surface area contributed by atoms with Crippen molar-refractivity contribution in [2.24, 2.45) is 0 Å². The smallest absolute Gasteiger partial charge is 0.225 e. The summed E-state index contributed by atoms with van der Waals surface area (Å²) in [5.41, 5.74) is 0. The van der Waals surface area contributed by atoms with Gasteiger partial charge in [-0.05, 0) is 12.5 Å². The van der Waals surface area contributed by atoms with E-state index in [2.05, 4.69) is 13.0 Å². The lowest BCUT2D eigenvalue weighted by Crippen LogP contribution is -1.65. The topological polar surface area (TPSA) is 17.1 Å². The summed E-state index contributed by atoms with van der Waals surface area (Å²) in [5.74, 6) is 0. The molecule has 0 rings (SSSR count). The molecule has 1 radical (unpaired) electrons. The quantitative estimate of drug-likeness (QED) is 0.323. The van der Waals surface area contributed by atoms with E-state index >= 15 is 0 Å². The Morgan fingerprint density at radius 3 is 2.80 bits per heavy atom. The van der Waals surface area contributed by atoms with Crippen LogP contribution in [0.5, 0.6) is 0 Å². The number of carbonyl (C=O) groups excluding carboxylic acids is 1. The fourth-order valence-corrected chi connectivity index (χ4v) is 0.592. The van der Waals surface area contributed by atoms with Crippen LogP contribution in [-0.4, -0.2) is 6.29 Å². The normalized spacial score (nSPS) is 11.3. The van der Waals surface area contributed by atoms with Crippen LogP contribution in [0.2, 0.25) is 0 Å². The van der Waals surface area contributed by atoms with Gasteiger partial charge in [0.1, 0.15) is 0 Å². The molecule has 0 N–H and O–H groups in total. The van der Waals surface area contributed by atoms with Crippen molar-refractivity contribution in [3.05, 3.63) is 24.3 Å². The van der Waals surface area contributed by atoms with Crippen LogP contribution in [0.15, 0.2) is 24.3 Å². The predicted molar refractivity (Wildman–Crippen MR) is 43.5 cm³/mol. The third-order valence-corrected chi connectivity index (χ3v) is 1.14. The molecule has 0 aromatic carbocycles. The van der Waals surface area contributed by atoms with E-state index in [9.17, 15) is 4.79 Å². The Morgan fingerprint density at radius 2 is 2.20 bits per heavy atom. The number of allylic oxidation sites excluding steroid dienone is 4. The van der Waals surface area contributed by atoms with Gasteiger partial charge in [0.2, 0.25) is 6.29 Å². The molecule has 0 fully saturated rings. The minimum Gasteiger partial charge on any atom is -0.286 e. The van der Waals surface area contributed by atoms with Crippen molar-refractivity contribution in [2.75, 3.05) is 0 Å². The Bertz CT molecular complexity index is 123. The third-order valence-electron chi connectivity index (χ3n) is 1.14. The molecule has 1 heteroatoms. The van der Waals surface area contributed by atoms with Gasteiger partial charge in [0.05, 0.1) is 0 Å². The molecule has 0 aliphatic carbocycles. The van der Waals surface area contributed by atoms with Crippen LogP contribution < -0.4 is 0 Å². The van der Waals surface area contributed by atoms with Gasteiger partial charge in [-0.25, -0.2) is 0 Å². The minimum atomic E-state index is 1.10. The first kappa shape index (κ1) is 9.15. The Morgan fingerprint density at radius 1 is 1.40 bits per heavy atom. The maximum atomic E-state index is 9.65.